The second kappa shape index (κ2) is 10.5. The number of fused-ring (bicyclic) bond motifs is 1. The maximum Gasteiger partial charge on any atom is 0.253 e. The van der Waals surface area contributed by atoms with E-state index in [4.69, 9.17) is 8.83 Å². The highest BCUT2D eigenvalue weighted by Gasteiger charge is 2.20. The Bertz CT molecular complexity index is 1500. The molecule has 0 saturated heterocycles. The molecule has 5 rings (SSSR count). The molecule has 3 heterocycles. The topological polar surface area (TPSA) is 101 Å². The number of furan rings is 2. The number of thioether (sulfide) groups is 1. The van der Waals surface area contributed by atoms with E-state index < -0.39 is 0 Å². The summed E-state index contributed by atoms with van der Waals surface area (Å²) in [5.74, 6) is 1.32. The number of nitrogens with zero attached hydrogens (tertiary/aromatic N) is 3. The number of carbonyl (C=O) groups excluding carboxylic acids is 2. The molecule has 0 aliphatic heterocycles. The quantitative estimate of drug-likeness (QED) is 0.233. The van der Waals surface area contributed by atoms with Crippen molar-refractivity contribution in [1.29, 1.82) is 0 Å². The minimum Gasteiger partial charge on any atom is -0.467 e. The second-order valence-electron chi connectivity index (χ2n) is 7.87. The van der Waals surface area contributed by atoms with Crippen molar-refractivity contribution in [3.63, 3.8) is 0 Å². The second-order valence-corrected chi connectivity index (χ2v) is 8.83. The summed E-state index contributed by atoms with van der Waals surface area (Å²) in [6, 6.07) is 21.8. The van der Waals surface area contributed by atoms with E-state index in [9.17, 15) is 9.59 Å². The van der Waals surface area contributed by atoms with Crippen LogP contribution in [0.25, 0.3) is 22.5 Å². The van der Waals surface area contributed by atoms with Crippen molar-refractivity contribution < 1.29 is 18.4 Å². The molecule has 0 unspecified atom stereocenters. The molecule has 2 amide bonds. The molecular weight excluding hydrogens is 476 g/mol. The molecule has 0 atom stereocenters. The molecule has 36 heavy (non-hydrogen) atoms. The van der Waals surface area contributed by atoms with Crippen molar-refractivity contribution in [3.8, 4) is 11.6 Å². The highest BCUT2D eigenvalue weighted by Crippen LogP contribution is 2.29. The van der Waals surface area contributed by atoms with Gasteiger partial charge in [-0.15, -0.1) is 0 Å². The zero-order valence-corrected chi connectivity index (χ0v) is 20.2. The Labute approximate surface area is 211 Å². The van der Waals surface area contributed by atoms with Gasteiger partial charge in [-0.25, -0.2) is 9.97 Å². The van der Waals surface area contributed by atoms with E-state index >= 15 is 0 Å². The van der Waals surface area contributed by atoms with E-state index in [0.717, 1.165) is 10.9 Å². The molecule has 9 heteroatoms. The van der Waals surface area contributed by atoms with Crippen LogP contribution in [0.4, 0.5) is 5.69 Å². The van der Waals surface area contributed by atoms with Crippen molar-refractivity contribution in [1.82, 2.24) is 15.3 Å². The van der Waals surface area contributed by atoms with Crippen molar-refractivity contribution >= 4 is 40.2 Å². The van der Waals surface area contributed by atoms with Gasteiger partial charge >= 0.3 is 0 Å². The molecule has 0 radical (unpaired) electrons. The van der Waals surface area contributed by atoms with Gasteiger partial charge in [-0.05, 0) is 42.5 Å². The molecule has 0 saturated carbocycles. The Hall–Kier alpha value is -4.37. The fourth-order valence-corrected chi connectivity index (χ4v) is 4.60. The van der Waals surface area contributed by atoms with Crippen molar-refractivity contribution in [3.05, 3.63) is 96.6 Å². The van der Waals surface area contributed by atoms with Gasteiger partial charge in [-0.3, -0.25) is 9.59 Å². The summed E-state index contributed by atoms with van der Waals surface area (Å²) in [5, 5.41) is 4.36. The van der Waals surface area contributed by atoms with Gasteiger partial charge in [0.05, 0.1) is 41.6 Å². The molecule has 0 fully saturated rings. The van der Waals surface area contributed by atoms with E-state index in [0.29, 0.717) is 33.6 Å². The number of rotatable bonds is 8. The maximum atomic E-state index is 13.2. The van der Waals surface area contributed by atoms with Crippen LogP contribution in [-0.2, 0) is 11.3 Å². The third kappa shape index (κ3) is 5.01. The van der Waals surface area contributed by atoms with Crippen LogP contribution in [0.15, 0.2) is 99.2 Å². The molecule has 180 valence electrons. The molecule has 0 aliphatic carbocycles. The molecular formula is C27H22N4O4S. The summed E-state index contributed by atoms with van der Waals surface area (Å²) in [7, 11) is 1.66. The highest BCUT2D eigenvalue weighted by atomic mass is 32.2. The predicted molar refractivity (Wildman–Crippen MR) is 138 cm³/mol. The van der Waals surface area contributed by atoms with E-state index in [1.807, 2.05) is 24.3 Å². The van der Waals surface area contributed by atoms with Crippen LogP contribution in [0.3, 0.4) is 0 Å². The van der Waals surface area contributed by atoms with Gasteiger partial charge in [-0.2, -0.15) is 0 Å². The van der Waals surface area contributed by atoms with Gasteiger partial charge in [0.15, 0.2) is 11.6 Å². The van der Waals surface area contributed by atoms with Crippen molar-refractivity contribution in [2.24, 2.45) is 0 Å². The number of hydrogen-bond acceptors (Lipinski definition) is 7. The zero-order chi connectivity index (χ0) is 24.9. The maximum absolute atomic E-state index is 13.2. The molecule has 2 aromatic carbocycles. The van der Waals surface area contributed by atoms with Crippen LogP contribution in [-0.4, -0.2) is 34.6 Å². The van der Waals surface area contributed by atoms with Crippen LogP contribution >= 0.6 is 11.8 Å². The van der Waals surface area contributed by atoms with Crippen LogP contribution in [0.5, 0.6) is 0 Å². The normalized spacial score (nSPS) is 10.9. The monoisotopic (exact) mass is 498 g/mol. The Morgan fingerprint density at radius 3 is 2.50 bits per heavy atom. The summed E-state index contributed by atoms with van der Waals surface area (Å²) >= 11 is 1.32. The number of nitrogens with one attached hydrogen (secondary N) is 1. The Morgan fingerprint density at radius 1 is 0.917 bits per heavy atom. The predicted octanol–water partition coefficient (Wildman–Crippen LogP) is 5.17. The lowest BCUT2D eigenvalue weighted by Crippen LogP contribution is -2.31. The first-order valence-electron chi connectivity index (χ1n) is 11.2. The molecule has 0 bridgehead atoms. The lowest BCUT2D eigenvalue weighted by Gasteiger charge is -2.20. The molecule has 0 spiro atoms. The summed E-state index contributed by atoms with van der Waals surface area (Å²) in [6.07, 6.45) is 3.12. The third-order valence-electron chi connectivity index (χ3n) is 5.53. The zero-order valence-electron chi connectivity index (χ0n) is 19.4. The fraction of sp³-hybridized carbons (Fsp3) is 0.111. The van der Waals surface area contributed by atoms with E-state index in [1.54, 1.807) is 68.1 Å². The molecule has 3 aromatic heterocycles. The number of hydrogen-bond donors (Lipinski definition) is 1. The van der Waals surface area contributed by atoms with E-state index in [-0.39, 0.29) is 24.1 Å². The Morgan fingerprint density at radius 2 is 1.69 bits per heavy atom. The standard InChI is InChI=1S/C27H22N4O4S/c1-31(22-12-5-3-10-20(22)26(33)28-16-18-8-6-14-34-18)24(32)17-36-27-19-9-2-4-11-21(19)29-25(30-27)23-13-7-15-35-23/h2-15H,16-17H2,1H3,(H,28,33). The van der Waals surface area contributed by atoms with Gasteiger partial charge in [0.25, 0.3) is 5.91 Å². The first-order valence-corrected chi connectivity index (χ1v) is 12.2. The average Bonchev–Trinajstić information content (AvgIpc) is 3.64. The SMILES string of the molecule is CN(C(=O)CSc1nc(-c2ccco2)nc2ccccc12)c1ccccc1C(=O)NCc1ccco1. The van der Waals surface area contributed by atoms with Crippen LogP contribution in [0.2, 0.25) is 0 Å². The van der Waals surface area contributed by atoms with Gasteiger partial charge in [0.1, 0.15) is 10.8 Å². The Balaban J connectivity index is 1.33. The minimum absolute atomic E-state index is 0.122. The van der Waals surface area contributed by atoms with Crippen molar-refractivity contribution in [2.75, 3.05) is 17.7 Å². The number of benzene rings is 2. The van der Waals surface area contributed by atoms with E-state index in [1.165, 1.54) is 16.7 Å². The molecule has 1 N–H and O–H groups in total. The van der Waals surface area contributed by atoms with Gasteiger partial charge in [0, 0.05) is 12.4 Å². The van der Waals surface area contributed by atoms with Crippen LogP contribution < -0.4 is 10.2 Å². The third-order valence-corrected chi connectivity index (χ3v) is 6.51. The number of aromatic nitrogens is 2. The van der Waals surface area contributed by atoms with Crippen molar-refractivity contribution in [2.45, 2.75) is 11.6 Å². The van der Waals surface area contributed by atoms with Crippen LogP contribution in [0, 0.1) is 0 Å². The summed E-state index contributed by atoms with van der Waals surface area (Å²) in [6.45, 7) is 0.256. The van der Waals surface area contributed by atoms with Gasteiger partial charge in [0.2, 0.25) is 5.91 Å². The molecule has 0 aliphatic rings. The summed E-state index contributed by atoms with van der Waals surface area (Å²) in [5.41, 5.74) is 1.68. The fourth-order valence-electron chi connectivity index (χ4n) is 3.67. The lowest BCUT2D eigenvalue weighted by atomic mass is 10.1. The number of amides is 2. The van der Waals surface area contributed by atoms with Gasteiger partial charge < -0.3 is 19.1 Å². The minimum atomic E-state index is -0.292. The molecule has 5 aromatic rings. The first-order chi connectivity index (χ1) is 17.6. The summed E-state index contributed by atoms with van der Waals surface area (Å²) in [4.78, 5) is 36.8. The van der Waals surface area contributed by atoms with Crippen LogP contribution in [0.1, 0.15) is 16.1 Å². The highest BCUT2D eigenvalue weighted by molar-refractivity contribution is 8.00. The number of para-hydroxylation sites is 2. The first kappa shape index (κ1) is 23.4. The largest absolute Gasteiger partial charge is 0.467 e. The van der Waals surface area contributed by atoms with E-state index in [2.05, 4.69) is 15.3 Å². The number of anilines is 1. The smallest absolute Gasteiger partial charge is 0.253 e. The average molecular weight is 499 g/mol. The molecule has 8 nitrogen and oxygen atoms in total. The van der Waals surface area contributed by atoms with Gasteiger partial charge in [-0.1, -0.05) is 42.1 Å². The summed E-state index contributed by atoms with van der Waals surface area (Å²) < 4.78 is 10.7. The lowest BCUT2D eigenvalue weighted by molar-refractivity contribution is -0.115. The number of carbonyl (C=O) groups is 2. The Kier molecular flexibility index (Phi) is 6.81.